The summed E-state index contributed by atoms with van der Waals surface area (Å²) in [5.41, 5.74) is 2.19. The molecule has 2 rings (SSSR count). The van der Waals surface area contributed by atoms with Crippen molar-refractivity contribution in [3.05, 3.63) is 41.5 Å². The summed E-state index contributed by atoms with van der Waals surface area (Å²) in [6, 6.07) is 7.94. The van der Waals surface area contributed by atoms with E-state index >= 15 is 0 Å². The van der Waals surface area contributed by atoms with E-state index in [0.717, 1.165) is 11.1 Å². The molecule has 0 bridgehead atoms. The van der Waals surface area contributed by atoms with Crippen LogP contribution < -0.4 is 0 Å². The van der Waals surface area contributed by atoms with Crippen LogP contribution in [0.25, 0.3) is 6.08 Å². The molecule has 1 aliphatic carbocycles. The van der Waals surface area contributed by atoms with Crippen molar-refractivity contribution in [3.8, 4) is 0 Å². The summed E-state index contributed by atoms with van der Waals surface area (Å²) in [4.78, 5) is 0. The second-order valence-corrected chi connectivity index (χ2v) is 19.1. The normalized spacial score (nSPS) is 17.3. The first kappa shape index (κ1) is 19.2. The average Bonchev–Trinajstić information content (AvgIpc) is 2.71. The van der Waals surface area contributed by atoms with Gasteiger partial charge in [0.1, 0.15) is 0 Å². The quantitative estimate of drug-likeness (QED) is 0.840. The average molecular weight is 358 g/mol. The second kappa shape index (κ2) is 6.76. The number of allylic oxidation sites excluding steroid dienone is 1. The fourth-order valence-corrected chi connectivity index (χ4v) is 8.18. The predicted octanol–water partition coefficient (Wildman–Crippen LogP) is 2.15. The first-order valence-electron chi connectivity index (χ1n) is 5.73. The number of aliphatic hydroxyl groups excluding tert-OH is 1. The van der Waals surface area contributed by atoms with Crippen molar-refractivity contribution in [2.45, 2.75) is 9.45 Å². The van der Waals surface area contributed by atoms with E-state index in [1.54, 1.807) is 5.23 Å². The van der Waals surface area contributed by atoms with Gasteiger partial charge in [0.25, 0.3) is 0 Å². The topological polar surface area (TPSA) is 46.5 Å². The summed E-state index contributed by atoms with van der Waals surface area (Å²) in [6.07, 6.45) is 3.97. The molecule has 1 unspecified atom stereocenters. The third-order valence-electron chi connectivity index (χ3n) is 3.17. The SMILES string of the molecule is Cl.Cl.[CH3][Ti](=[O])(=[SiH2])([O]CCO)[CH]1C=Cc2ccccc21. The van der Waals surface area contributed by atoms with Crippen molar-refractivity contribution in [1.29, 1.82) is 0 Å². The number of aliphatic hydroxyl groups is 1. The first-order valence-corrected chi connectivity index (χ1v) is 13.5. The number of rotatable bonds is 4. The molecule has 7 heteroatoms. The zero-order valence-corrected chi connectivity index (χ0v) is 15.4. The maximum atomic E-state index is 13.0. The van der Waals surface area contributed by atoms with Crippen LogP contribution in [0.1, 0.15) is 15.3 Å². The Morgan fingerprint density at radius 1 is 1.37 bits per heavy atom. The van der Waals surface area contributed by atoms with E-state index in [1.807, 2.05) is 36.4 Å². The van der Waals surface area contributed by atoms with E-state index in [4.69, 9.17) is 8.42 Å². The molecule has 0 saturated heterocycles. The Kier molecular flexibility index (Phi) is 6.83. The number of fused-ring (bicyclic) bond motifs is 1. The van der Waals surface area contributed by atoms with Gasteiger partial charge in [-0.15, -0.1) is 24.8 Å². The fourth-order valence-electron chi connectivity index (χ4n) is 2.29. The van der Waals surface area contributed by atoms with Gasteiger partial charge in [-0.25, -0.2) is 0 Å². The molecule has 0 radical (unpaired) electrons. The monoisotopic (exact) mass is 357 g/mol. The van der Waals surface area contributed by atoms with E-state index in [0.29, 0.717) is 0 Å². The summed E-state index contributed by atoms with van der Waals surface area (Å²) >= 11 is -4.22. The molecule has 107 valence electrons. The Bertz CT molecular complexity index is 595. The molecule has 0 aromatic heterocycles. The number of halogens is 2. The van der Waals surface area contributed by atoms with Crippen LogP contribution in [0.2, 0.25) is 5.23 Å². The summed E-state index contributed by atoms with van der Waals surface area (Å²) < 4.78 is 18.4. The molecular formula is C12H19Cl2O3SiTi. The predicted molar refractivity (Wildman–Crippen MR) is 80.8 cm³/mol. The van der Waals surface area contributed by atoms with E-state index in [2.05, 4.69) is 0 Å². The molecule has 0 fully saturated rings. The Morgan fingerprint density at radius 3 is 2.63 bits per heavy atom. The molecule has 1 aromatic carbocycles. The van der Waals surface area contributed by atoms with E-state index in [-0.39, 0.29) is 42.3 Å². The second-order valence-electron chi connectivity index (χ2n) is 4.90. The standard InChI is InChI=1S/C9H7.C2H5O2.CH3.2ClH.O.H2Si.Ti/c1-2-5-9-7-3-6-8(9)4-1;3-1-2-4;;;;;;/h1-7H;3H,1-2H2;1H3;2*1H;;1H2;/q;-1;;;;;;+1. The van der Waals surface area contributed by atoms with Gasteiger partial charge in [-0.2, -0.15) is 0 Å². The van der Waals surface area contributed by atoms with Crippen molar-refractivity contribution in [2.75, 3.05) is 13.2 Å². The molecule has 3 nitrogen and oxygen atoms in total. The molecule has 0 aliphatic heterocycles. The third-order valence-corrected chi connectivity index (χ3v) is 10.6. The molecule has 1 aliphatic rings. The summed E-state index contributed by atoms with van der Waals surface area (Å²) in [7, 11) is 1.49. The van der Waals surface area contributed by atoms with Gasteiger partial charge in [0.05, 0.1) is 0 Å². The van der Waals surface area contributed by atoms with E-state index in [9.17, 15) is 3.32 Å². The molecule has 19 heavy (non-hydrogen) atoms. The van der Waals surface area contributed by atoms with Crippen LogP contribution in [0.4, 0.5) is 0 Å². The van der Waals surface area contributed by atoms with Gasteiger partial charge in [-0.1, -0.05) is 0 Å². The Balaban J connectivity index is 0.00000162. The molecule has 0 amide bonds. The molecule has 0 saturated carbocycles. The minimum absolute atomic E-state index is 0. The van der Waals surface area contributed by atoms with Crippen LogP contribution in [0, 0.1) is 0 Å². The van der Waals surface area contributed by atoms with Gasteiger partial charge in [-0.05, 0) is 0 Å². The minimum atomic E-state index is -4.22. The van der Waals surface area contributed by atoms with Crippen LogP contribution in [0.15, 0.2) is 30.3 Å². The Labute approximate surface area is 128 Å². The molecular weight excluding hydrogens is 339 g/mol. The first-order chi connectivity index (χ1) is 7.92. The van der Waals surface area contributed by atoms with Crippen LogP contribution in [-0.2, 0) is 21.0 Å². The van der Waals surface area contributed by atoms with E-state index < -0.39 is 14.4 Å². The summed E-state index contributed by atoms with van der Waals surface area (Å²) in [5.74, 6) is 0. The van der Waals surface area contributed by atoms with Crippen molar-refractivity contribution >= 4 is 38.5 Å². The van der Waals surface area contributed by atoms with Crippen molar-refractivity contribution < 1.29 is 26.1 Å². The van der Waals surface area contributed by atoms with Gasteiger partial charge in [0.2, 0.25) is 0 Å². The van der Waals surface area contributed by atoms with Crippen molar-refractivity contribution in [3.63, 3.8) is 0 Å². The van der Waals surface area contributed by atoms with Crippen LogP contribution in [-0.4, -0.2) is 26.0 Å². The molecule has 1 N–H and O–H groups in total. The van der Waals surface area contributed by atoms with E-state index in [1.165, 1.54) is 7.63 Å². The zero-order valence-electron chi connectivity index (χ0n) is 10.7. The zero-order chi connectivity index (χ0) is 12.5. The van der Waals surface area contributed by atoms with Gasteiger partial charge in [-0.3, -0.25) is 0 Å². The van der Waals surface area contributed by atoms with Gasteiger partial charge in [0, 0.05) is 0 Å². The number of benzene rings is 1. The van der Waals surface area contributed by atoms with Gasteiger partial charge in [0.15, 0.2) is 0 Å². The number of hydrogen-bond donors (Lipinski definition) is 1. The van der Waals surface area contributed by atoms with Crippen molar-refractivity contribution in [2.24, 2.45) is 0 Å². The van der Waals surface area contributed by atoms with Crippen molar-refractivity contribution in [1.82, 2.24) is 0 Å². The molecule has 1 atom stereocenters. The summed E-state index contributed by atoms with van der Waals surface area (Å²) in [5, 5.41) is 10.6. The van der Waals surface area contributed by atoms with Crippen LogP contribution in [0.3, 0.4) is 0 Å². The number of hydrogen-bond acceptors (Lipinski definition) is 3. The fraction of sp³-hybridized carbons (Fsp3) is 0.333. The maximum absolute atomic E-state index is 13.0. The van der Waals surface area contributed by atoms with Gasteiger partial charge < -0.3 is 0 Å². The molecule has 0 heterocycles. The third kappa shape index (κ3) is 4.08. The molecule has 1 aromatic rings. The van der Waals surface area contributed by atoms with Crippen LogP contribution >= 0.6 is 24.8 Å². The Hall–Kier alpha value is 0.191. The Morgan fingerprint density at radius 2 is 2.00 bits per heavy atom. The van der Waals surface area contributed by atoms with Crippen LogP contribution in [0.5, 0.6) is 0 Å². The summed E-state index contributed by atoms with van der Waals surface area (Å²) in [6.45, 7) is 0.0546. The molecule has 0 spiro atoms. The van der Waals surface area contributed by atoms with Gasteiger partial charge >= 0.3 is 104 Å².